The van der Waals surface area contributed by atoms with Crippen molar-refractivity contribution < 1.29 is 23.9 Å². The van der Waals surface area contributed by atoms with Gasteiger partial charge in [0.1, 0.15) is 18.0 Å². The first-order chi connectivity index (χ1) is 17.4. The van der Waals surface area contributed by atoms with Crippen LogP contribution in [0.2, 0.25) is 0 Å². The van der Waals surface area contributed by atoms with Crippen molar-refractivity contribution in [3.63, 3.8) is 0 Å². The molecule has 36 heavy (non-hydrogen) atoms. The number of ether oxygens (including phenoxy) is 2. The van der Waals surface area contributed by atoms with Crippen LogP contribution in [0.5, 0.6) is 11.5 Å². The van der Waals surface area contributed by atoms with E-state index in [-0.39, 0.29) is 6.54 Å². The molecule has 8 heteroatoms. The van der Waals surface area contributed by atoms with Crippen LogP contribution in [-0.4, -0.2) is 43.5 Å². The molecular weight excluding hydrogens is 458 g/mol. The molecular formula is C28H31N3O5. The highest BCUT2D eigenvalue weighted by atomic mass is 16.5. The second-order valence-corrected chi connectivity index (χ2v) is 8.26. The molecule has 188 valence electrons. The van der Waals surface area contributed by atoms with E-state index in [1.165, 1.54) is 0 Å². The minimum absolute atomic E-state index is 0.356. The molecule has 0 bridgehead atoms. The maximum absolute atomic E-state index is 12.3. The van der Waals surface area contributed by atoms with Crippen LogP contribution < -0.4 is 20.3 Å². The summed E-state index contributed by atoms with van der Waals surface area (Å²) in [4.78, 5) is 38.6. The highest BCUT2D eigenvalue weighted by Gasteiger charge is 2.12. The van der Waals surface area contributed by atoms with Crippen LogP contribution in [0.25, 0.3) is 0 Å². The Kier molecular flexibility index (Phi) is 9.45. The van der Waals surface area contributed by atoms with Gasteiger partial charge in [-0.3, -0.25) is 14.4 Å². The molecule has 0 aliphatic carbocycles. The van der Waals surface area contributed by atoms with Gasteiger partial charge in [0.05, 0.1) is 0 Å². The molecule has 0 radical (unpaired) electrons. The molecule has 3 aromatic carbocycles. The molecule has 0 spiro atoms. The molecule has 0 atom stereocenters. The Morgan fingerprint density at radius 2 is 1.50 bits per heavy atom. The van der Waals surface area contributed by atoms with Gasteiger partial charge in [0.2, 0.25) is 0 Å². The second-order valence-electron chi connectivity index (χ2n) is 8.26. The summed E-state index contributed by atoms with van der Waals surface area (Å²) in [6, 6.07) is 23.6. The number of carbonyl (C=O) groups is 3. The maximum atomic E-state index is 12.3. The fraction of sp³-hybridized carbons (Fsp3) is 0.250. The van der Waals surface area contributed by atoms with Crippen molar-refractivity contribution in [1.29, 1.82) is 0 Å². The monoisotopic (exact) mass is 489 g/mol. The van der Waals surface area contributed by atoms with Gasteiger partial charge in [0, 0.05) is 29.5 Å². The van der Waals surface area contributed by atoms with Crippen LogP contribution in [0.15, 0.2) is 78.9 Å². The summed E-state index contributed by atoms with van der Waals surface area (Å²) in [6.07, 6.45) is 0. The van der Waals surface area contributed by atoms with E-state index in [0.29, 0.717) is 28.8 Å². The third-order valence-electron chi connectivity index (χ3n) is 5.30. The number of amides is 2. The molecule has 0 saturated heterocycles. The topological polar surface area (TPSA) is 97.0 Å². The third-order valence-corrected chi connectivity index (χ3v) is 5.30. The highest BCUT2D eigenvalue weighted by molar-refractivity contribution is 5.96. The van der Waals surface area contributed by atoms with E-state index >= 15 is 0 Å². The predicted octanol–water partition coefficient (Wildman–Crippen LogP) is 4.63. The average Bonchev–Trinajstić information content (AvgIpc) is 2.88. The molecule has 3 rings (SSSR count). The van der Waals surface area contributed by atoms with E-state index < -0.39 is 24.4 Å². The van der Waals surface area contributed by atoms with Crippen LogP contribution >= 0.6 is 0 Å². The summed E-state index contributed by atoms with van der Waals surface area (Å²) >= 11 is 0. The van der Waals surface area contributed by atoms with Crippen molar-refractivity contribution in [2.75, 3.05) is 29.9 Å². The minimum Gasteiger partial charge on any atom is -0.457 e. The van der Waals surface area contributed by atoms with Gasteiger partial charge in [0.15, 0.2) is 6.61 Å². The van der Waals surface area contributed by atoms with Crippen LogP contribution in [-0.2, 0) is 14.3 Å². The van der Waals surface area contributed by atoms with Gasteiger partial charge in [-0.25, -0.2) is 0 Å². The Bertz CT molecular complexity index is 1150. The van der Waals surface area contributed by atoms with Crippen LogP contribution in [0.3, 0.4) is 0 Å². The van der Waals surface area contributed by atoms with Gasteiger partial charge in [-0.2, -0.15) is 0 Å². The van der Waals surface area contributed by atoms with Gasteiger partial charge in [-0.15, -0.1) is 0 Å². The van der Waals surface area contributed by atoms with Crippen molar-refractivity contribution in [3.8, 4) is 11.5 Å². The van der Waals surface area contributed by atoms with E-state index in [4.69, 9.17) is 9.47 Å². The zero-order valence-electron chi connectivity index (χ0n) is 20.7. The molecule has 0 heterocycles. The lowest BCUT2D eigenvalue weighted by atomic mass is 10.2. The quantitative estimate of drug-likeness (QED) is 0.382. The number of anilines is 2. The summed E-state index contributed by atoms with van der Waals surface area (Å²) in [5.41, 5.74) is 2.03. The Morgan fingerprint density at radius 1 is 0.861 bits per heavy atom. The number of carbonyl (C=O) groups excluding carboxylic acids is 3. The molecule has 0 unspecified atom stereocenters. The van der Waals surface area contributed by atoms with E-state index in [9.17, 15) is 14.4 Å². The number of nitrogens with zero attached hydrogens (tertiary/aromatic N) is 1. The van der Waals surface area contributed by atoms with Crippen molar-refractivity contribution in [1.82, 2.24) is 5.32 Å². The zero-order chi connectivity index (χ0) is 25.9. The van der Waals surface area contributed by atoms with Crippen LogP contribution in [0.4, 0.5) is 11.4 Å². The van der Waals surface area contributed by atoms with Gasteiger partial charge in [-0.1, -0.05) is 18.2 Å². The lowest BCUT2D eigenvalue weighted by molar-refractivity contribution is -0.146. The van der Waals surface area contributed by atoms with Gasteiger partial charge in [0.25, 0.3) is 11.8 Å². The SMILES string of the molecule is CCN(c1ccc(NC(=O)COC(=O)CNC(=O)c2ccc(Oc3ccccc3)cc2)cc1)C(C)C. The number of hydrogen-bond acceptors (Lipinski definition) is 6. The van der Waals surface area contributed by atoms with Crippen molar-refractivity contribution in [2.45, 2.75) is 26.8 Å². The molecule has 2 amide bonds. The number of hydrogen-bond donors (Lipinski definition) is 2. The first-order valence-corrected chi connectivity index (χ1v) is 11.8. The molecule has 0 saturated carbocycles. The maximum Gasteiger partial charge on any atom is 0.325 e. The predicted molar refractivity (Wildman–Crippen MR) is 139 cm³/mol. The summed E-state index contributed by atoms with van der Waals surface area (Å²) in [5, 5.41) is 5.17. The first kappa shape index (κ1) is 26.3. The lowest BCUT2D eigenvalue weighted by Gasteiger charge is -2.27. The van der Waals surface area contributed by atoms with Gasteiger partial charge in [-0.05, 0) is 81.4 Å². The number of nitrogens with one attached hydrogen (secondary N) is 2. The first-order valence-electron chi connectivity index (χ1n) is 11.8. The summed E-state index contributed by atoms with van der Waals surface area (Å²) in [6.45, 7) is 6.40. The molecule has 0 aromatic heterocycles. The van der Waals surface area contributed by atoms with E-state index in [1.54, 1.807) is 36.4 Å². The van der Waals surface area contributed by atoms with Gasteiger partial charge >= 0.3 is 5.97 Å². The van der Waals surface area contributed by atoms with E-state index in [1.807, 2.05) is 42.5 Å². The molecule has 0 aliphatic rings. The van der Waals surface area contributed by atoms with Crippen molar-refractivity contribution in [3.05, 3.63) is 84.4 Å². The lowest BCUT2D eigenvalue weighted by Crippen LogP contribution is -2.32. The van der Waals surface area contributed by atoms with Crippen LogP contribution in [0.1, 0.15) is 31.1 Å². The average molecular weight is 490 g/mol. The minimum atomic E-state index is -0.714. The Labute approximate surface area is 211 Å². The third kappa shape index (κ3) is 7.87. The number of rotatable bonds is 11. The fourth-order valence-electron chi connectivity index (χ4n) is 3.53. The number of benzene rings is 3. The summed E-state index contributed by atoms with van der Waals surface area (Å²) < 4.78 is 10.7. The fourth-order valence-corrected chi connectivity index (χ4v) is 3.53. The molecule has 3 aromatic rings. The highest BCUT2D eigenvalue weighted by Crippen LogP contribution is 2.21. The normalized spacial score (nSPS) is 10.4. The second kappa shape index (κ2) is 12.9. The largest absolute Gasteiger partial charge is 0.457 e. The molecule has 0 fully saturated rings. The summed E-state index contributed by atoms with van der Waals surface area (Å²) in [5.74, 6) is -0.348. The van der Waals surface area contributed by atoms with Gasteiger partial charge < -0.3 is 25.0 Å². The number of esters is 1. The molecule has 2 N–H and O–H groups in total. The summed E-state index contributed by atoms with van der Waals surface area (Å²) in [7, 11) is 0. The molecule has 0 aliphatic heterocycles. The van der Waals surface area contributed by atoms with Crippen molar-refractivity contribution in [2.24, 2.45) is 0 Å². The Morgan fingerprint density at radius 3 is 2.11 bits per heavy atom. The zero-order valence-corrected chi connectivity index (χ0v) is 20.7. The van der Waals surface area contributed by atoms with E-state index in [2.05, 4.69) is 36.3 Å². The van der Waals surface area contributed by atoms with Crippen molar-refractivity contribution >= 4 is 29.2 Å². The van der Waals surface area contributed by atoms with Crippen LogP contribution in [0, 0.1) is 0 Å². The number of para-hydroxylation sites is 1. The molecule has 8 nitrogen and oxygen atoms in total. The smallest absolute Gasteiger partial charge is 0.325 e. The van der Waals surface area contributed by atoms with E-state index in [0.717, 1.165) is 12.2 Å². The standard InChI is InChI=1S/C28H31N3O5/c1-4-31(20(2)3)23-14-12-22(13-15-23)30-26(32)19-35-27(33)18-29-28(34)21-10-16-25(17-11-21)36-24-8-6-5-7-9-24/h5-17,20H,4,18-19H2,1-3H3,(H,29,34)(H,30,32). The Balaban J connectivity index is 1.39. The Hall–Kier alpha value is -4.33.